The van der Waals surface area contributed by atoms with E-state index in [1.807, 2.05) is 0 Å². The van der Waals surface area contributed by atoms with Crippen molar-refractivity contribution in [1.82, 2.24) is 0 Å². The highest BCUT2D eigenvalue weighted by Gasteiger charge is 2.29. The highest BCUT2D eigenvalue weighted by Crippen LogP contribution is 2.30. The molecule has 0 aliphatic carbocycles. The molecule has 108 valence electrons. The van der Waals surface area contributed by atoms with Gasteiger partial charge in [0.05, 0.1) is 11.5 Å². The summed E-state index contributed by atoms with van der Waals surface area (Å²) in [6, 6.07) is 0. The van der Waals surface area contributed by atoms with Gasteiger partial charge in [-0.25, -0.2) is 0 Å². The van der Waals surface area contributed by atoms with Gasteiger partial charge in [-0.15, -0.1) is 0 Å². The summed E-state index contributed by atoms with van der Waals surface area (Å²) in [5, 5.41) is 15.5. The summed E-state index contributed by atoms with van der Waals surface area (Å²) >= 11 is -1.12. The van der Waals surface area contributed by atoms with Crippen LogP contribution in [-0.2, 0) is 9.59 Å². The average molecular weight is 320 g/mol. The Morgan fingerprint density at radius 2 is 1.00 bits per heavy atom. The number of thioether (sulfide) groups is 2. The van der Waals surface area contributed by atoms with Crippen molar-refractivity contribution >= 4 is 35.5 Å². The minimum atomic E-state index is -4.43. The highest BCUT2D eigenvalue weighted by atomic mass is 32.2. The van der Waals surface area contributed by atoms with Crippen LogP contribution in [0.4, 0.5) is 26.3 Å². The summed E-state index contributed by atoms with van der Waals surface area (Å²) in [7, 11) is 0. The number of hydrogen-bond acceptors (Lipinski definition) is 4. The highest BCUT2D eigenvalue weighted by molar-refractivity contribution is 8.01. The van der Waals surface area contributed by atoms with Crippen molar-refractivity contribution in [2.45, 2.75) is 11.0 Å². The van der Waals surface area contributed by atoms with Crippen LogP contribution in [0.25, 0.3) is 0 Å². The molecule has 0 saturated heterocycles. The minimum absolute atomic E-state index is 0.558. The third kappa shape index (κ3) is 24.4. The van der Waals surface area contributed by atoms with Crippen LogP contribution in [0.15, 0.2) is 0 Å². The maximum Gasteiger partial charge on any atom is 0.442 e. The van der Waals surface area contributed by atoms with Gasteiger partial charge in [0.2, 0.25) is 0 Å². The first-order valence-electron chi connectivity index (χ1n) is 3.68. The maximum absolute atomic E-state index is 11.1. The van der Waals surface area contributed by atoms with Crippen molar-refractivity contribution in [2.24, 2.45) is 0 Å². The molecule has 0 rings (SSSR count). The molecule has 0 aromatic carbocycles. The van der Waals surface area contributed by atoms with Crippen LogP contribution in [-0.4, -0.2) is 44.7 Å². The zero-order valence-corrected chi connectivity index (χ0v) is 9.84. The molecule has 0 fully saturated rings. The Balaban J connectivity index is 0. The second-order valence-corrected chi connectivity index (χ2v) is 4.34. The van der Waals surface area contributed by atoms with E-state index in [0.29, 0.717) is 0 Å². The maximum atomic E-state index is 11.1. The van der Waals surface area contributed by atoms with Crippen molar-refractivity contribution in [3.05, 3.63) is 0 Å². The minimum Gasteiger partial charge on any atom is -0.481 e. The second-order valence-electron chi connectivity index (χ2n) is 2.26. The molecule has 0 atom stereocenters. The fraction of sp³-hybridized carbons (Fsp3) is 0.667. The van der Waals surface area contributed by atoms with Gasteiger partial charge < -0.3 is 10.2 Å². The zero-order chi connectivity index (χ0) is 15.0. The molecule has 0 aromatic rings. The molecule has 12 heteroatoms. The molecule has 0 amide bonds. The summed E-state index contributed by atoms with van der Waals surface area (Å²) in [5.74, 6) is -4.78. The third-order valence-electron chi connectivity index (χ3n) is 0.719. The molecule has 0 aromatic heterocycles. The summed E-state index contributed by atoms with van der Waals surface area (Å²) in [6.07, 6.45) is 0. The number of aliphatic carboxylic acids is 2. The summed E-state index contributed by atoms with van der Waals surface area (Å²) in [6.45, 7) is 0. The Morgan fingerprint density at radius 1 is 0.778 bits per heavy atom. The third-order valence-corrected chi connectivity index (χ3v) is 2.16. The monoisotopic (exact) mass is 320 g/mol. The predicted molar refractivity (Wildman–Crippen MR) is 52.3 cm³/mol. The number of hydrogen-bond donors (Lipinski definition) is 2. The molecule has 0 bridgehead atoms. The Kier molecular flexibility index (Phi) is 9.07. The van der Waals surface area contributed by atoms with Crippen molar-refractivity contribution in [2.75, 3.05) is 11.5 Å². The molecule has 0 aliphatic rings. The Labute approximate surface area is 105 Å². The molecule has 2 N–H and O–H groups in total. The van der Waals surface area contributed by atoms with Crippen molar-refractivity contribution in [3.63, 3.8) is 0 Å². The second kappa shape index (κ2) is 8.34. The zero-order valence-electron chi connectivity index (χ0n) is 8.21. The van der Waals surface area contributed by atoms with Gasteiger partial charge in [0.25, 0.3) is 0 Å². The van der Waals surface area contributed by atoms with E-state index in [1.54, 1.807) is 0 Å². The van der Waals surface area contributed by atoms with Crippen LogP contribution in [0.1, 0.15) is 0 Å². The summed E-state index contributed by atoms with van der Waals surface area (Å²) in [4.78, 5) is 19.1. The number of carboxylic acids is 2. The Bertz CT molecular complexity index is 248. The number of carboxylic acid groups (broad SMARTS) is 2. The van der Waals surface area contributed by atoms with Crippen LogP contribution in [0.3, 0.4) is 0 Å². The van der Waals surface area contributed by atoms with Gasteiger partial charge in [-0.3, -0.25) is 9.59 Å². The lowest BCUT2D eigenvalue weighted by Crippen LogP contribution is -2.07. The van der Waals surface area contributed by atoms with Gasteiger partial charge in [0, 0.05) is 0 Å². The van der Waals surface area contributed by atoms with Crippen molar-refractivity contribution in [1.29, 1.82) is 0 Å². The molecule has 0 radical (unpaired) electrons. The number of carbonyl (C=O) groups is 2. The number of halogens is 6. The van der Waals surface area contributed by atoms with Crippen LogP contribution < -0.4 is 0 Å². The average Bonchev–Trinajstić information content (AvgIpc) is 2.10. The lowest BCUT2D eigenvalue weighted by molar-refractivity contribution is -0.135. The first-order valence-corrected chi connectivity index (χ1v) is 5.65. The van der Waals surface area contributed by atoms with Gasteiger partial charge in [0.1, 0.15) is 0 Å². The Hall–Kier alpha value is -0.780. The van der Waals surface area contributed by atoms with E-state index >= 15 is 0 Å². The summed E-state index contributed by atoms with van der Waals surface area (Å²) < 4.78 is 66.7. The molecular weight excluding hydrogens is 314 g/mol. The van der Waals surface area contributed by atoms with E-state index in [2.05, 4.69) is 0 Å². The topological polar surface area (TPSA) is 74.6 Å². The van der Waals surface area contributed by atoms with E-state index in [9.17, 15) is 35.9 Å². The molecule has 18 heavy (non-hydrogen) atoms. The SMILES string of the molecule is O=C(O)CSC(F)(F)F.O=C(O)CSC(F)(F)F. The van der Waals surface area contributed by atoms with Gasteiger partial charge in [-0.05, 0) is 23.5 Å². The molecule has 0 spiro atoms. The molecule has 0 aliphatic heterocycles. The largest absolute Gasteiger partial charge is 0.481 e. The molecule has 0 saturated carbocycles. The van der Waals surface area contributed by atoms with Crippen molar-refractivity contribution in [3.8, 4) is 0 Å². The van der Waals surface area contributed by atoms with Gasteiger partial charge in [0.15, 0.2) is 0 Å². The van der Waals surface area contributed by atoms with Crippen LogP contribution in [0, 0.1) is 0 Å². The molecule has 0 unspecified atom stereocenters. The number of rotatable bonds is 4. The normalized spacial score (nSPS) is 11.4. The van der Waals surface area contributed by atoms with Crippen molar-refractivity contribution < 1.29 is 46.1 Å². The number of alkyl halides is 6. The van der Waals surface area contributed by atoms with E-state index < -0.39 is 58.0 Å². The smallest absolute Gasteiger partial charge is 0.442 e. The van der Waals surface area contributed by atoms with E-state index in [4.69, 9.17) is 10.2 Å². The van der Waals surface area contributed by atoms with Gasteiger partial charge in [-0.2, -0.15) is 26.3 Å². The molecule has 0 heterocycles. The molecule has 4 nitrogen and oxygen atoms in total. The fourth-order valence-electron chi connectivity index (χ4n) is 0.287. The first-order chi connectivity index (χ1) is 7.83. The lowest BCUT2D eigenvalue weighted by Gasteiger charge is -2.00. The quantitative estimate of drug-likeness (QED) is 0.776. The van der Waals surface area contributed by atoms with E-state index in [0.717, 1.165) is 0 Å². The fourth-order valence-corrected chi connectivity index (χ4v) is 0.861. The Morgan fingerprint density at radius 3 is 1.06 bits per heavy atom. The van der Waals surface area contributed by atoms with Gasteiger partial charge in [-0.1, -0.05) is 0 Å². The van der Waals surface area contributed by atoms with Crippen LogP contribution in [0.5, 0.6) is 0 Å². The summed E-state index contributed by atoms with van der Waals surface area (Å²) in [5.41, 5.74) is -8.86. The lowest BCUT2D eigenvalue weighted by atomic mass is 10.8. The first kappa shape index (κ1) is 19.6. The van der Waals surface area contributed by atoms with Crippen LogP contribution in [0.2, 0.25) is 0 Å². The molecular formula is C6H6F6O4S2. The van der Waals surface area contributed by atoms with Gasteiger partial charge >= 0.3 is 23.0 Å². The van der Waals surface area contributed by atoms with E-state index in [1.165, 1.54) is 0 Å². The standard InChI is InChI=1S/2C3H3F3O2S/c2*4-3(5,6)9-1-2(7)8/h2*1H2,(H,7,8). The predicted octanol–water partition coefficient (Wildman–Crippen LogP) is 2.65. The van der Waals surface area contributed by atoms with E-state index in [-0.39, 0.29) is 0 Å². The van der Waals surface area contributed by atoms with Crippen LogP contribution >= 0.6 is 23.5 Å².